The summed E-state index contributed by atoms with van der Waals surface area (Å²) in [5.74, 6) is 2.28. The van der Waals surface area contributed by atoms with Crippen molar-refractivity contribution in [1.82, 2.24) is 14.9 Å². The first kappa shape index (κ1) is 10.3. The van der Waals surface area contributed by atoms with E-state index in [9.17, 15) is 0 Å². The molecule has 1 aliphatic heterocycles. The van der Waals surface area contributed by atoms with Crippen LogP contribution in [0.5, 0.6) is 0 Å². The summed E-state index contributed by atoms with van der Waals surface area (Å²) >= 11 is 0. The fourth-order valence-electron chi connectivity index (χ4n) is 2.62. The smallest absolute Gasteiger partial charge is 0.109 e. The van der Waals surface area contributed by atoms with E-state index in [-0.39, 0.29) is 0 Å². The lowest BCUT2D eigenvalue weighted by atomic mass is 10.2. The first-order chi connectivity index (χ1) is 7.88. The molecule has 1 aromatic heterocycles. The highest BCUT2D eigenvalue weighted by molar-refractivity contribution is 5.20. The van der Waals surface area contributed by atoms with Crippen LogP contribution in [0.3, 0.4) is 0 Å². The van der Waals surface area contributed by atoms with Crippen molar-refractivity contribution in [2.45, 2.75) is 52.1 Å². The molecule has 0 amide bonds. The van der Waals surface area contributed by atoms with Gasteiger partial charge in [0.05, 0.1) is 5.69 Å². The molecular formula is C13H21N3. The predicted molar refractivity (Wildman–Crippen MR) is 64.4 cm³/mol. The molecule has 1 saturated carbocycles. The van der Waals surface area contributed by atoms with E-state index in [1.807, 2.05) is 0 Å². The van der Waals surface area contributed by atoms with Crippen molar-refractivity contribution in [3.63, 3.8) is 0 Å². The summed E-state index contributed by atoms with van der Waals surface area (Å²) in [5, 5.41) is 3.42. The molecule has 0 radical (unpaired) electrons. The van der Waals surface area contributed by atoms with Crippen LogP contribution in [0, 0.1) is 5.92 Å². The van der Waals surface area contributed by atoms with Crippen LogP contribution in [0.4, 0.5) is 0 Å². The lowest BCUT2D eigenvalue weighted by Crippen LogP contribution is -2.25. The number of aryl methyl sites for hydroxylation is 1. The molecule has 0 spiro atoms. The van der Waals surface area contributed by atoms with Crippen molar-refractivity contribution in [3.8, 4) is 0 Å². The molecule has 3 rings (SSSR count). The standard InChI is InChI=1S/C13H21N3/c1-2-3-13-15-11-8-14-7-6-12(11)16(13)9-10-4-5-10/h10,14H,2-9H2,1H3. The van der Waals surface area contributed by atoms with E-state index in [0.717, 1.165) is 25.4 Å². The first-order valence-electron chi connectivity index (χ1n) is 6.66. The van der Waals surface area contributed by atoms with Gasteiger partial charge in [0.1, 0.15) is 5.82 Å². The maximum absolute atomic E-state index is 4.82. The second kappa shape index (κ2) is 4.21. The van der Waals surface area contributed by atoms with Gasteiger partial charge >= 0.3 is 0 Å². The summed E-state index contributed by atoms with van der Waals surface area (Å²) in [5.41, 5.74) is 2.84. The van der Waals surface area contributed by atoms with Crippen molar-refractivity contribution in [2.24, 2.45) is 5.92 Å². The molecule has 0 saturated heterocycles. The van der Waals surface area contributed by atoms with Gasteiger partial charge in [-0.15, -0.1) is 0 Å². The van der Waals surface area contributed by atoms with Gasteiger partial charge in [0, 0.05) is 38.2 Å². The van der Waals surface area contributed by atoms with Gasteiger partial charge in [-0.05, 0) is 25.2 Å². The number of fused-ring (bicyclic) bond motifs is 1. The van der Waals surface area contributed by atoms with Gasteiger partial charge in [0.2, 0.25) is 0 Å². The van der Waals surface area contributed by atoms with Crippen LogP contribution >= 0.6 is 0 Å². The van der Waals surface area contributed by atoms with E-state index in [2.05, 4.69) is 16.8 Å². The summed E-state index contributed by atoms with van der Waals surface area (Å²) in [6.07, 6.45) is 6.36. The maximum atomic E-state index is 4.82. The zero-order valence-corrected chi connectivity index (χ0v) is 10.1. The average molecular weight is 219 g/mol. The number of hydrogen-bond donors (Lipinski definition) is 1. The van der Waals surface area contributed by atoms with E-state index < -0.39 is 0 Å². The van der Waals surface area contributed by atoms with E-state index in [1.165, 1.54) is 49.4 Å². The average Bonchev–Trinajstić information content (AvgIpc) is 3.04. The maximum Gasteiger partial charge on any atom is 0.109 e. The van der Waals surface area contributed by atoms with Crippen LogP contribution in [0.1, 0.15) is 43.4 Å². The third-order valence-electron chi connectivity index (χ3n) is 3.68. The minimum absolute atomic E-state index is 0.948. The zero-order chi connectivity index (χ0) is 11.0. The summed E-state index contributed by atoms with van der Waals surface area (Å²) in [6.45, 7) is 5.57. The monoisotopic (exact) mass is 219 g/mol. The summed E-state index contributed by atoms with van der Waals surface area (Å²) in [6, 6.07) is 0. The van der Waals surface area contributed by atoms with Crippen LogP contribution < -0.4 is 5.32 Å². The molecule has 1 N–H and O–H groups in total. The molecular weight excluding hydrogens is 198 g/mol. The molecule has 0 unspecified atom stereocenters. The van der Waals surface area contributed by atoms with Crippen molar-refractivity contribution in [2.75, 3.05) is 6.54 Å². The van der Waals surface area contributed by atoms with Gasteiger partial charge in [0.15, 0.2) is 0 Å². The second-order valence-electron chi connectivity index (χ2n) is 5.15. The van der Waals surface area contributed by atoms with Crippen molar-refractivity contribution in [1.29, 1.82) is 0 Å². The SMILES string of the molecule is CCCc1nc2c(n1CC1CC1)CCNC2. The first-order valence-corrected chi connectivity index (χ1v) is 6.66. The topological polar surface area (TPSA) is 29.9 Å². The number of hydrogen-bond acceptors (Lipinski definition) is 2. The Morgan fingerprint density at radius 1 is 1.44 bits per heavy atom. The molecule has 3 nitrogen and oxygen atoms in total. The van der Waals surface area contributed by atoms with Gasteiger partial charge in [-0.2, -0.15) is 0 Å². The lowest BCUT2D eigenvalue weighted by Gasteiger charge is -2.16. The number of imidazole rings is 1. The molecule has 3 heteroatoms. The van der Waals surface area contributed by atoms with Crippen molar-refractivity contribution >= 4 is 0 Å². The predicted octanol–water partition coefficient (Wildman–Crippen LogP) is 1.89. The third kappa shape index (κ3) is 1.88. The minimum atomic E-state index is 0.948. The van der Waals surface area contributed by atoms with Gasteiger partial charge in [-0.1, -0.05) is 6.92 Å². The lowest BCUT2D eigenvalue weighted by molar-refractivity contribution is 0.546. The van der Waals surface area contributed by atoms with E-state index in [4.69, 9.17) is 4.98 Å². The van der Waals surface area contributed by atoms with Crippen LogP contribution in [0.25, 0.3) is 0 Å². The largest absolute Gasteiger partial charge is 0.331 e. The van der Waals surface area contributed by atoms with Crippen LogP contribution in [-0.4, -0.2) is 16.1 Å². The summed E-state index contributed by atoms with van der Waals surface area (Å²) in [4.78, 5) is 4.82. The molecule has 0 bridgehead atoms. The Morgan fingerprint density at radius 3 is 3.06 bits per heavy atom. The molecule has 0 atom stereocenters. The van der Waals surface area contributed by atoms with Gasteiger partial charge in [0.25, 0.3) is 0 Å². The number of aromatic nitrogens is 2. The highest BCUT2D eigenvalue weighted by Gasteiger charge is 2.26. The van der Waals surface area contributed by atoms with Gasteiger partial charge in [-0.25, -0.2) is 4.98 Å². The Kier molecular flexibility index (Phi) is 2.72. The quantitative estimate of drug-likeness (QED) is 0.838. The van der Waals surface area contributed by atoms with Gasteiger partial charge < -0.3 is 9.88 Å². The van der Waals surface area contributed by atoms with Crippen molar-refractivity contribution < 1.29 is 0 Å². The highest BCUT2D eigenvalue weighted by atomic mass is 15.1. The summed E-state index contributed by atoms with van der Waals surface area (Å²) < 4.78 is 2.54. The molecule has 88 valence electrons. The molecule has 1 aliphatic carbocycles. The molecule has 2 heterocycles. The number of nitrogens with one attached hydrogen (secondary N) is 1. The second-order valence-corrected chi connectivity index (χ2v) is 5.15. The highest BCUT2D eigenvalue weighted by Crippen LogP contribution is 2.32. The number of nitrogens with zero attached hydrogens (tertiary/aromatic N) is 2. The molecule has 1 fully saturated rings. The Bertz CT molecular complexity index is 377. The fraction of sp³-hybridized carbons (Fsp3) is 0.769. The Hall–Kier alpha value is -0.830. The minimum Gasteiger partial charge on any atom is -0.331 e. The van der Waals surface area contributed by atoms with E-state index in [0.29, 0.717) is 0 Å². The Balaban J connectivity index is 1.91. The third-order valence-corrected chi connectivity index (χ3v) is 3.68. The van der Waals surface area contributed by atoms with E-state index in [1.54, 1.807) is 0 Å². The summed E-state index contributed by atoms with van der Waals surface area (Å²) in [7, 11) is 0. The van der Waals surface area contributed by atoms with E-state index >= 15 is 0 Å². The Labute approximate surface area is 97.3 Å². The number of rotatable bonds is 4. The molecule has 2 aliphatic rings. The van der Waals surface area contributed by atoms with Crippen molar-refractivity contribution in [3.05, 3.63) is 17.2 Å². The van der Waals surface area contributed by atoms with Crippen LogP contribution in [-0.2, 0) is 25.9 Å². The molecule has 1 aromatic rings. The van der Waals surface area contributed by atoms with Crippen LogP contribution in [0.2, 0.25) is 0 Å². The normalized spacial score (nSPS) is 19.8. The zero-order valence-electron chi connectivity index (χ0n) is 10.1. The van der Waals surface area contributed by atoms with Crippen LogP contribution in [0.15, 0.2) is 0 Å². The molecule has 0 aromatic carbocycles. The molecule has 16 heavy (non-hydrogen) atoms. The fourth-order valence-corrected chi connectivity index (χ4v) is 2.62. The van der Waals surface area contributed by atoms with Gasteiger partial charge in [-0.3, -0.25) is 0 Å². The Morgan fingerprint density at radius 2 is 2.31 bits per heavy atom.